The molecule has 1 N–H and O–H groups in total. The van der Waals surface area contributed by atoms with Gasteiger partial charge in [0, 0.05) is 11.0 Å². The second-order valence-corrected chi connectivity index (χ2v) is 6.14. The number of halogens is 1. The maximum absolute atomic E-state index is 12.4. The first-order valence-electron chi connectivity index (χ1n) is 7.36. The summed E-state index contributed by atoms with van der Waals surface area (Å²) in [4.78, 5) is 14.0. The first kappa shape index (κ1) is 17.7. The van der Waals surface area contributed by atoms with Crippen molar-refractivity contribution in [1.29, 1.82) is 0 Å². The van der Waals surface area contributed by atoms with E-state index < -0.39 is 0 Å². The molecule has 5 nitrogen and oxygen atoms in total. The Balaban J connectivity index is 2.37. The number of thiocarbonyl (C=S) groups is 1. The van der Waals surface area contributed by atoms with Crippen LogP contribution in [-0.2, 0) is 4.79 Å². The molecule has 1 heterocycles. The van der Waals surface area contributed by atoms with E-state index in [1.54, 1.807) is 18.1 Å². The second-order valence-electron chi connectivity index (χ2n) is 4.90. The van der Waals surface area contributed by atoms with Crippen LogP contribution >= 0.6 is 28.1 Å². The van der Waals surface area contributed by atoms with Gasteiger partial charge in [0.25, 0.3) is 5.91 Å². The highest BCUT2D eigenvalue weighted by Crippen LogP contribution is 2.34. The van der Waals surface area contributed by atoms with Gasteiger partial charge in [0.05, 0.1) is 13.7 Å². The highest BCUT2D eigenvalue weighted by Gasteiger charge is 2.29. The monoisotopic (exact) mass is 398 g/mol. The molecule has 1 aromatic carbocycles. The van der Waals surface area contributed by atoms with Crippen molar-refractivity contribution in [3.63, 3.8) is 0 Å². The minimum absolute atomic E-state index is 0.113. The Morgan fingerprint density at radius 1 is 1.35 bits per heavy atom. The Morgan fingerprint density at radius 3 is 2.70 bits per heavy atom. The molecular formula is C16H19BrN2O3S. The van der Waals surface area contributed by atoms with Gasteiger partial charge in [0.2, 0.25) is 0 Å². The number of methoxy groups -OCH3 is 1. The molecule has 1 saturated heterocycles. The number of hydrogen-bond donors (Lipinski definition) is 1. The molecule has 1 aliphatic heterocycles. The maximum Gasteiger partial charge on any atom is 0.276 e. The Bertz CT molecular complexity index is 661. The van der Waals surface area contributed by atoms with Gasteiger partial charge in [-0.25, -0.2) is 0 Å². The van der Waals surface area contributed by atoms with Crippen LogP contribution in [-0.4, -0.2) is 36.2 Å². The zero-order chi connectivity index (χ0) is 17.0. The fourth-order valence-corrected chi connectivity index (χ4v) is 2.96. The Kier molecular flexibility index (Phi) is 6.01. The summed E-state index contributed by atoms with van der Waals surface area (Å²) in [7, 11) is 1.59. The SMILES string of the molecule is CCCN1C(=O)C(=Cc2cc(OCC)c(OC)cc2Br)NC1=S. The van der Waals surface area contributed by atoms with E-state index in [-0.39, 0.29) is 5.91 Å². The van der Waals surface area contributed by atoms with Gasteiger partial charge in [-0.2, -0.15) is 0 Å². The van der Waals surface area contributed by atoms with Gasteiger partial charge in [0.15, 0.2) is 16.6 Å². The maximum atomic E-state index is 12.4. The van der Waals surface area contributed by atoms with Gasteiger partial charge >= 0.3 is 0 Å². The number of carbonyl (C=O) groups excluding carboxylic acids is 1. The van der Waals surface area contributed by atoms with E-state index >= 15 is 0 Å². The van der Waals surface area contributed by atoms with Crippen LogP contribution in [0.3, 0.4) is 0 Å². The van der Waals surface area contributed by atoms with Crippen LogP contribution in [0.2, 0.25) is 0 Å². The zero-order valence-corrected chi connectivity index (χ0v) is 15.7. The fraction of sp³-hybridized carbons (Fsp3) is 0.375. The average Bonchev–Trinajstić information content (AvgIpc) is 2.78. The first-order chi connectivity index (χ1) is 11.0. The minimum atomic E-state index is -0.113. The Hall–Kier alpha value is -1.60. The summed E-state index contributed by atoms with van der Waals surface area (Å²) in [5.41, 5.74) is 1.27. The van der Waals surface area contributed by atoms with Gasteiger partial charge in [0.1, 0.15) is 5.70 Å². The van der Waals surface area contributed by atoms with E-state index in [2.05, 4.69) is 21.2 Å². The number of nitrogens with one attached hydrogen (secondary N) is 1. The van der Waals surface area contributed by atoms with E-state index in [9.17, 15) is 4.79 Å². The summed E-state index contributed by atoms with van der Waals surface area (Å²) in [6.45, 7) is 5.05. The molecular weight excluding hydrogens is 380 g/mol. The summed E-state index contributed by atoms with van der Waals surface area (Å²) >= 11 is 8.71. The molecule has 0 aliphatic carbocycles. The van der Waals surface area contributed by atoms with Crippen molar-refractivity contribution < 1.29 is 14.3 Å². The van der Waals surface area contributed by atoms with Crippen LogP contribution in [0.4, 0.5) is 0 Å². The Labute approximate surface area is 149 Å². The lowest BCUT2D eigenvalue weighted by Crippen LogP contribution is -2.31. The summed E-state index contributed by atoms with van der Waals surface area (Å²) in [6.07, 6.45) is 2.61. The molecule has 7 heteroatoms. The third kappa shape index (κ3) is 3.84. The largest absolute Gasteiger partial charge is 0.493 e. The smallest absolute Gasteiger partial charge is 0.276 e. The quantitative estimate of drug-likeness (QED) is 0.588. The Morgan fingerprint density at radius 2 is 2.09 bits per heavy atom. The molecule has 1 amide bonds. The second kappa shape index (κ2) is 7.79. The van der Waals surface area contributed by atoms with Crippen molar-refractivity contribution in [1.82, 2.24) is 10.2 Å². The highest BCUT2D eigenvalue weighted by molar-refractivity contribution is 9.10. The number of rotatable bonds is 6. The lowest BCUT2D eigenvalue weighted by atomic mass is 10.1. The fourth-order valence-electron chi connectivity index (χ4n) is 2.24. The molecule has 124 valence electrons. The molecule has 1 aromatic rings. The van der Waals surface area contributed by atoms with Crippen LogP contribution in [0, 0.1) is 0 Å². The van der Waals surface area contributed by atoms with Crippen molar-refractivity contribution in [2.24, 2.45) is 0 Å². The van der Waals surface area contributed by atoms with Gasteiger partial charge in [-0.05, 0) is 49.3 Å². The first-order valence-corrected chi connectivity index (χ1v) is 8.56. The molecule has 0 bridgehead atoms. The summed E-state index contributed by atoms with van der Waals surface area (Å²) < 4.78 is 11.7. The minimum Gasteiger partial charge on any atom is -0.493 e. The average molecular weight is 399 g/mol. The van der Waals surface area contributed by atoms with Crippen molar-refractivity contribution >= 4 is 45.2 Å². The third-order valence-corrected chi connectivity index (χ3v) is 4.30. The number of hydrogen-bond acceptors (Lipinski definition) is 4. The van der Waals surface area contributed by atoms with Gasteiger partial charge < -0.3 is 14.8 Å². The summed E-state index contributed by atoms with van der Waals surface area (Å²) in [5.74, 6) is 1.15. The molecule has 0 saturated carbocycles. The van der Waals surface area contributed by atoms with Crippen molar-refractivity contribution in [3.05, 3.63) is 27.9 Å². The lowest BCUT2D eigenvalue weighted by Gasteiger charge is -2.12. The number of carbonyl (C=O) groups is 1. The van der Waals surface area contributed by atoms with Crippen molar-refractivity contribution in [2.45, 2.75) is 20.3 Å². The molecule has 23 heavy (non-hydrogen) atoms. The van der Waals surface area contributed by atoms with Gasteiger partial charge in [-0.15, -0.1) is 0 Å². The molecule has 0 spiro atoms. The zero-order valence-electron chi connectivity index (χ0n) is 13.3. The van der Waals surface area contributed by atoms with Gasteiger partial charge in [-0.3, -0.25) is 9.69 Å². The molecule has 2 rings (SSSR count). The predicted octanol–water partition coefficient (Wildman–Crippen LogP) is 3.32. The predicted molar refractivity (Wildman–Crippen MR) is 97.6 cm³/mol. The van der Waals surface area contributed by atoms with Crippen molar-refractivity contribution in [3.8, 4) is 11.5 Å². The standard InChI is InChI=1S/C16H19BrN2O3S/c1-4-6-19-15(20)12(18-16(19)23)7-10-8-14(22-5-2)13(21-3)9-11(10)17/h7-9H,4-6H2,1-3H3,(H,18,23). The topological polar surface area (TPSA) is 50.8 Å². The van der Waals surface area contributed by atoms with Crippen LogP contribution in [0.25, 0.3) is 6.08 Å². The van der Waals surface area contributed by atoms with E-state index in [1.165, 1.54) is 0 Å². The molecule has 1 fully saturated rings. The third-order valence-electron chi connectivity index (χ3n) is 3.29. The summed E-state index contributed by atoms with van der Waals surface area (Å²) in [6, 6.07) is 3.65. The van der Waals surface area contributed by atoms with E-state index in [0.29, 0.717) is 35.5 Å². The normalized spacial score (nSPS) is 16.0. The number of nitrogens with zero attached hydrogens (tertiary/aromatic N) is 1. The van der Waals surface area contributed by atoms with E-state index in [4.69, 9.17) is 21.7 Å². The van der Waals surface area contributed by atoms with Crippen molar-refractivity contribution in [2.75, 3.05) is 20.3 Å². The number of amides is 1. The van der Waals surface area contributed by atoms with E-state index in [1.807, 2.05) is 26.0 Å². The molecule has 0 aromatic heterocycles. The molecule has 0 atom stereocenters. The van der Waals surface area contributed by atoms with Gasteiger partial charge in [-0.1, -0.05) is 22.9 Å². The lowest BCUT2D eigenvalue weighted by molar-refractivity contribution is -0.122. The summed E-state index contributed by atoms with van der Waals surface area (Å²) in [5, 5.41) is 3.41. The van der Waals surface area contributed by atoms with Crippen LogP contribution < -0.4 is 14.8 Å². The highest BCUT2D eigenvalue weighted by atomic mass is 79.9. The van der Waals surface area contributed by atoms with Crippen LogP contribution in [0.1, 0.15) is 25.8 Å². The molecule has 1 aliphatic rings. The van der Waals surface area contributed by atoms with E-state index in [0.717, 1.165) is 16.5 Å². The number of ether oxygens (including phenoxy) is 2. The number of benzene rings is 1. The molecule has 0 unspecified atom stereocenters. The van der Waals surface area contributed by atoms with Crippen LogP contribution in [0.5, 0.6) is 11.5 Å². The molecule has 0 radical (unpaired) electrons. The van der Waals surface area contributed by atoms with Crippen LogP contribution in [0.15, 0.2) is 22.3 Å².